The lowest BCUT2D eigenvalue weighted by atomic mass is 10.1. The Morgan fingerprint density at radius 1 is 1.19 bits per heavy atom. The van der Waals surface area contributed by atoms with Crippen molar-refractivity contribution >= 4 is 43.2 Å². The van der Waals surface area contributed by atoms with Gasteiger partial charge in [-0.2, -0.15) is 0 Å². The van der Waals surface area contributed by atoms with Gasteiger partial charge in [0.05, 0.1) is 4.90 Å². The second-order valence-electron chi connectivity index (χ2n) is 4.60. The number of hydrogen-bond acceptors (Lipinski definition) is 3. The summed E-state index contributed by atoms with van der Waals surface area (Å²) in [6.45, 7) is 2.00. The number of hydrogen-bond donors (Lipinski definition) is 2. The second kappa shape index (κ2) is 6.36. The van der Waals surface area contributed by atoms with E-state index >= 15 is 0 Å². The molecule has 0 saturated heterocycles. The summed E-state index contributed by atoms with van der Waals surface area (Å²) in [7, 11) is -3.70. The van der Waals surface area contributed by atoms with Crippen LogP contribution in [0.5, 0.6) is 0 Å². The summed E-state index contributed by atoms with van der Waals surface area (Å²) >= 11 is 9.21. The Labute approximate surface area is 137 Å². The molecule has 2 aromatic rings. The lowest BCUT2D eigenvalue weighted by Gasteiger charge is -2.17. The van der Waals surface area contributed by atoms with Crippen molar-refractivity contribution in [2.75, 3.05) is 5.32 Å². The monoisotopic (exact) mass is 388 g/mol. The highest BCUT2D eigenvalue weighted by Crippen LogP contribution is 2.29. The average Bonchev–Trinajstić information content (AvgIpc) is 2.40. The molecule has 1 atom stereocenters. The molecule has 0 aliphatic carbocycles. The van der Waals surface area contributed by atoms with E-state index in [1.54, 1.807) is 6.07 Å². The van der Waals surface area contributed by atoms with E-state index < -0.39 is 10.0 Å². The van der Waals surface area contributed by atoms with Crippen molar-refractivity contribution in [3.63, 3.8) is 0 Å². The number of primary sulfonamides is 1. The summed E-state index contributed by atoms with van der Waals surface area (Å²) in [6, 6.07) is 12.2. The number of rotatable bonds is 4. The first-order valence-electron chi connectivity index (χ1n) is 6.12. The molecule has 21 heavy (non-hydrogen) atoms. The molecule has 2 rings (SSSR count). The largest absolute Gasteiger partial charge is 0.378 e. The highest BCUT2D eigenvalue weighted by atomic mass is 79.9. The highest BCUT2D eigenvalue weighted by molar-refractivity contribution is 9.10. The third-order valence-corrected chi connectivity index (χ3v) is 4.83. The van der Waals surface area contributed by atoms with Crippen molar-refractivity contribution in [3.8, 4) is 0 Å². The molecule has 7 heteroatoms. The topological polar surface area (TPSA) is 72.2 Å². The van der Waals surface area contributed by atoms with Gasteiger partial charge in [0.25, 0.3) is 0 Å². The molecular weight excluding hydrogens is 376 g/mol. The summed E-state index contributed by atoms with van der Waals surface area (Å²) < 4.78 is 23.2. The van der Waals surface area contributed by atoms with E-state index in [1.807, 2.05) is 31.2 Å². The van der Waals surface area contributed by atoms with E-state index in [0.29, 0.717) is 9.50 Å². The number of anilines is 1. The Morgan fingerprint density at radius 2 is 1.81 bits per heavy atom. The van der Waals surface area contributed by atoms with Crippen molar-refractivity contribution in [2.45, 2.75) is 17.9 Å². The maximum atomic E-state index is 11.3. The quantitative estimate of drug-likeness (QED) is 0.832. The van der Waals surface area contributed by atoms with E-state index in [9.17, 15) is 8.42 Å². The van der Waals surface area contributed by atoms with Crippen molar-refractivity contribution < 1.29 is 8.42 Å². The average molecular weight is 390 g/mol. The Hall–Kier alpha value is -1.08. The predicted molar refractivity (Wildman–Crippen MR) is 89.0 cm³/mol. The molecule has 0 fully saturated rings. The number of sulfonamides is 1. The van der Waals surface area contributed by atoms with Crippen molar-refractivity contribution in [3.05, 3.63) is 57.5 Å². The van der Waals surface area contributed by atoms with Gasteiger partial charge in [0, 0.05) is 21.2 Å². The number of nitrogens with one attached hydrogen (secondary N) is 1. The van der Waals surface area contributed by atoms with Crippen LogP contribution in [0.1, 0.15) is 18.5 Å². The normalized spacial score (nSPS) is 13.0. The Balaban J connectivity index is 2.22. The first-order chi connectivity index (χ1) is 9.77. The van der Waals surface area contributed by atoms with Gasteiger partial charge in [-0.15, -0.1) is 0 Å². The van der Waals surface area contributed by atoms with E-state index in [1.165, 1.54) is 12.1 Å². The molecule has 0 aliphatic heterocycles. The third-order valence-electron chi connectivity index (χ3n) is 3.01. The van der Waals surface area contributed by atoms with Gasteiger partial charge in [0.2, 0.25) is 10.0 Å². The number of benzene rings is 2. The molecular formula is C14H14BrClN2O2S. The van der Waals surface area contributed by atoms with E-state index in [4.69, 9.17) is 16.7 Å². The Morgan fingerprint density at radius 3 is 2.33 bits per heavy atom. The molecule has 4 nitrogen and oxygen atoms in total. The van der Waals surface area contributed by atoms with Gasteiger partial charge in [0.1, 0.15) is 0 Å². The summed E-state index contributed by atoms with van der Waals surface area (Å²) in [5.74, 6) is 0. The summed E-state index contributed by atoms with van der Waals surface area (Å²) in [4.78, 5) is 0.0686. The van der Waals surface area contributed by atoms with Crippen LogP contribution in [-0.2, 0) is 10.0 Å². The summed E-state index contributed by atoms with van der Waals surface area (Å²) in [6.07, 6.45) is 0. The Kier molecular flexibility index (Phi) is 4.93. The molecule has 1 unspecified atom stereocenters. The fourth-order valence-electron chi connectivity index (χ4n) is 1.86. The Bertz CT molecular complexity index is 748. The van der Waals surface area contributed by atoms with Crippen LogP contribution in [-0.4, -0.2) is 8.42 Å². The number of nitrogens with two attached hydrogens (primary N) is 1. The van der Waals surface area contributed by atoms with E-state index in [2.05, 4.69) is 21.2 Å². The van der Waals surface area contributed by atoms with Crippen LogP contribution in [0.25, 0.3) is 0 Å². The smallest absolute Gasteiger partial charge is 0.238 e. The lowest BCUT2D eigenvalue weighted by Crippen LogP contribution is -2.12. The third kappa shape index (κ3) is 4.20. The molecule has 3 N–H and O–H groups in total. The molecule has 0 radical (unpaired) electrons. The molecule has 0 spiro atoms. The fraction of sp³-hybridized carbons (Fsp3) is 0.143. The van der Waals surface area contributed by atoms with Gasteiger partial charge in [-0.05, 0) is 58.7 Å². The lowest BCUT2D eigenvalue weighted by molar-refractivity contribution is 0.598. The first-order valence-corrected chi connectivity index (χ1v) is 8.83. The molecule has 112 valence electrons. The molecule has 0 saturated carbocycles. The first kappa shape index (κ1) is 16.3. The minimum absolute atomic E-state index is 0.0406. The molecule has 0 aromatic heterocycles. The zero-order chi connectivity index (χ0) is 15.6. The van der Waals surface area contributed by atoms with Crippen molar-refractivity contribution in [1.82, 2.24) is 0 Å². The van der Waals surface area contributed by atoms with Gasteiger partial charge in [-0.1, -0.05) is 23.7 Å². The van der Waals surface area contributed by atoms with Crippen LogP contribution in [0.3, 0.4) is 0 Å². The van der Waals surface area contributed by atoms with Gasteiger partial charge < -0.3 is 5.32 Å². The summed E-state index contributed by atoms with van der Waals surface area (Å²) in [5.41, 5.74) is 1.85. The fourth-order valence-corrected chi connectivity index (χ4v) is 3.17. The van der Waals surface area contributed by atoms with Crippen LogP contribution < -0.4 is 10.5 Å². The maximum absolute atomic E-state index is 11.3. The molecule has 0 heterocycles. The predicted octanol–water partition coefficient (Wildman–Crippen LogP) is 3.92. The van der Waals surface area contributed by atoms with Crippen LogP contribution in [0.2, 0.25) is 5.02 Å². The zero-order valence-electron chi connectivity index (χ0n) is 11.2. The molecule has 2 aromatic carbocycles. The van der Waals surface area contributed by atoms with E-state index in [-0.39, 0.29) is 10.9 Å². The standard InChI is InChI=1S/C14H14BrClN2O2S/c1-9(10-2-4-11(16)5-3-10)18-14-7-6-12(8-13(14)15)21(17,19)20/h2-9,18H,1H3,(H2,17,19,20). The van der Waals surface area contributed by atoms with Crippen LogP contribution in [0, 0.1) is 0 Å². The van der Waals surface area contributed by atoms with Crippen molar-refractivity contribution in [1.29, 1.82) is 0 Å². The number of halogens is 2. The van der Waals surface area contributed by atoms with Crippen LogP contribution >= 0.6 is 27.5 Å². The van der Waals surface area contributed by atoms with Crippen LogP contribution in [0.15, 0.2) is 51.8 Å². The minimum Gasteiger partial charge on any atom is -0.378 e. The molecule has 0 bridgehead atoms. The molecule has 0 amide bonds. The van der Waals surface area contributed by atoms with Crippen LogP contribution in [0.4, 0.5) is 5.69 Å². The summed E-state index contributed by atoms with van der Waals surface area (Å²) in [5, 5.41) is 9.08. The van der Waals surface area contributed by atoms with E-state index in [0.717, 1.165) is 11.3 Å². The van der Waals surface area contributed by atoms with Gasteiger partial charge in [-0.3, -0.25) is 0 Å². The molecule has 0 aliphatic rings. The van der Waals surface area contributed by atoms with Crippen molar-refractivity contribution in [2.24, 2.45) is 5.14 Å². The minimum atomic E-state index is -3.70. The highest BCUT2D eigenvalue weighted by Gasteiger charge is 2.12. The second-order valence-corrected chi connectivity index (χ2v) is 7.46. The zero-order valence-corrected chi connectivity index (χ0v) is 14.3. The van der Waals surface area contributed by atoms with Gasteiger partial charge >= 0.3 is 0 Å². The van der Waals surface area contributed by atoms with Gasteiger partial charge in [-0.25, -0.2) is 13.6 Å². The van der Waals surface area contributed by atoms with Gasteiger partial charge in [0.15, 0.2) is 0 Å². The maximum Gasteiger partial charge on any atom is 0.238 e. The SMILES string of the molecule is CC(Nc1ccc(S(N)(=O)=O)cc1Br)c1ccc(Cl)cc1.